The number of anilines is 3. The van der Waals surface area contributed by atoms with Crippen LogP contribution in [0.3, 0.4) is 0 Å². The molecule has 1 amide bonds. The summed E-state index contributed by atoms with van der Waals surface area (Å²) in [6.07, 6.45) is 1.44. The van der Waals surface area contributed by atoms with E-state index in [2.05, 4.69) is 15.3 Å². The molecule has 0 spiro atoms. The second kappa shape index (κ2) is 4.89. The number of amides is 1. The largest absolute Gasteiger partial charge is 0.399 e. The maximum atomic E-state index is 11.9. The van der Waals surface area contributed by atoms with Crippen LogP contribution in [-0.2, 0) is 0 Å². The topological polar surface area (TPSA) is 107 Å². The van der Waals surface area contributed by atoms with E-state index in [-0.39, 0.29) is 16.8 Å². The Labute approximate surface area is 108 Å². The van der Waals surface area contributed by atoms with Crippen molar-refractivity contribution in [1.29, 1.82) is 0 Å². The maximum absolute atomic E-state index is 11.9. The molecule has 0 saturated carbocycles. The van der Waals surface area contributed by atoms with Crippen LogP contribution in [0.15, 0.2) is 30.5 Å². The zero-order chi connectivity index (χ0) is 13.1. The van der Waals surface area contributed by atoms with Gasteiger partial charge in [-0.15, -0.1) is 0 Å². The van der Waals surface area contributed by atoms with Crippen LogP contribution in [0, 0.1) is 0 Å². The fraction of sp³-hybridized carbons (Fsp3) is 0. The molecular formula is C11H10ClN5O. The number of hydrogen-bond donors (Lipinski definition) is 3. The van der Waals surface area contributed by atoms with Gasteiger partial charge in [0.15, 0.2) is 0 Å². The van der Waals surface area contributed by atoms with Gasteiger partial charge in [-0.1, -0.05) is 11.6 Å². The van der Waals surface area contributed by atoms with Gasteiger partial charge in [-0.25, -0.2) is 9.97 Å². The Bertz CT molecular complexity index is 602. The average Bonchev–Trinajstić information content (AvgIpc) is 2.28. The quantitative estimate of drug-likeness (QED) is 0.563. The highest BCUT2D eigenvalue weighted by molar-refractivity contribution is 6.29. The Balaban J connectivity index is 2.22. The number of halogens is 1. The number of benzene rings is 1. The van der Waals surface area contributed by atoms with E-state index in [1.807, 2.05) is 0 Å². The van der Waals surface area contributed by atoms with Gasteiger partial charge in [0.05, 0.1) is 5.56 Å². The van der Waals surface area contributed by atoms with Crippen molar-refractivity contribution >= 4 is 34.8 Å². The van der Waals surface area contributed by atoms with Crippen molar-refractivity contribution < 1.29 is 4.79 Å². The third-order valence-corrected chi connectivity index (χ3v) is 2.38. The van der Waals surface area contributed by atoms with Crippen LogP contribution < -0.4 is 16.8 Å². The smallest absolute Gasteiger partial charge is 0.260 e. The first-order chi connectivity index (χ1) is 8.56. The molecule has 1 heterocycles. The first-order valence-corrected chi connectivity index (χ1v) is 5.39. The zero-order valence-corrected chi connectivity index (χ0v) is 9.98. The monoisotopic (exact) mass is 263 g/mol. The summed E-state index contributed by atoms with van der Waals surface area (Å²) >= 11 is 5.68. The summed E-state index contributed by atoms with van der Waals surface area (Å²) in [6, 6.07) is 6.14. The summed E-state index contributed by atoms with van der Waals surface area (Å²) in [5.74, 6) is -0.307. The number of carbonyl (C=O) groups is 1. The van der Waals surface area contributed by atoms with Gasteiger partial charge in [0.1, 0.15) is 5.15 Å². The molecule has 2 aromatic rings. The number of rotatable bonds is 2. The average molecular weight is 264 g/mol. The van der Waals surface area contributed by atoms with E-state index in [9.17, 15) is 4.79 Å². The normalized spacial score (nSPS) is 10.1. The standard InChI is InChI=1S/C11H10ClN5O/c12-9-3-4-15-11(16-9)17-10(18)7-2-1-6(13)5-8(7)14/h1-5H,13-14H2,(H,15,16,17,18). The first-order valence-electron chi connectivity index (χ1n) is 5.01. The number of nitrogen functional groups attached to an aromatic ring is 2. The fourth-order valence-corrected chi connectivity index (χ4v) is 1.49. The number of nitrogens with zero attached hydrogens (tertiary/aromatic N) is 2. The minimum Gasteiger partial charge on any atom is -0.399 e. The predicted molar refractivity (Wildman–Crippen MR) is 70.3 cm³/mol. The number of nitrogens with two attached hydrogens (primary N) is 2. The van der Waals surface area contributed by atoms with Gasteiger partial charge >= 0.3 is 0 Å². The maximum Gasteiger partial charge on any atom is 0.260 e. The molecule has 0 fully saturated rings. The van der Waals surface area contributed by atoms with E-state index in [4.69, 9.17) is 23.1 Å². The molecule has 0 radical (unpaired) electrons. The molecule has 0 aliphatic rings. The van der Waals surface area contributed by atoms with Gasteiger partial charge in [-0.05, 0) is 24.3 Å². The zero-order valence-electron chi connectivity index (χ0n) is 9.22. The minimum atomic E-state index is -0.422. The molecule has 92 valence electrons. The van der Waals surface area contributed by atoms with Gasteiger partial charge in [0, 0.05) is 17.6 Å². The lowest BCUT2D eigenvalue weighted by Gasteiger charge is -2.06. The Hall–Kier alpha value is -2.34. The predicted octanol–water partition coefficient (Wildman–Crippen LogP) is 1.55. The van der Waals surface area contributed by atoms with Crippen molar-refractivity contribution in [1.82, 2.24) is 9.97 Å². The second-order valence-corrected chi connectivity index (χ2v) is 3.89. The van der Waals surface area contributed by atoms with Crippen molar-refractivity contribution in [2.45, 2.75) is 0 Å². The SMILES string of the molecule is Nc1ccc(C(=O)Nc2nccc(Cl)n2)c(N)c1. The Morgan fingerprint density at radius 1 is 1.28 bits per heavy atom. The van der Waals surface area contributed by atoms with Gasteiger partial charge in [0.2, 0.25) is 5.95 Å². The van der Waals surface area contributed by atoms with Gasteiger partial charge in [-0.2, -0.15) is 0 Å². The van der Waals surface area contributed by atoms with E-state index < -0.39 is 5.91 Å². The van der Waals surface area contributed by atoms with E-state index >= 15 is 0 Å². The third-order valence-electron chi connectivity index (χ3n) is 2.17. The Morgan fingerprint density at radius 2 is 2.06 bits per heavy atom. The van der Waals surface area contributed by atoms with Crippen LogP contribution in [0.2, 0.25) is 5.15 Å². The molecule has 0 atom stereocenters. The first kappa shape index (κ1) is 12.1. The molecule has 0 unspecified atom stereocenters. The Morgan fingerprint density at radius 3 is 2.72 bits per heavy atom. The van der Waals surface area contributed by atoms with Crippen molar-refractivity contribution in [3.8, 4) is 0 Å². The summed E-state index contributed by atoms with van der Waals surface area (Å²) in [5.41, 5.74) is 12.3. The molecule has 0 saturated heterocycles. The van der Waals surface area contributed by atoms with Crippen molar-refractivity contribution in [3.05, 3.63) is 41.2 Å². The molecule has 6 nitrogen and oxygen atoms in total. The van der Waals surface area contributed by atoms with Crippen LogP contribution in [0.5, 0.6) is 0 Å². The number of nitrogens with one attached hydrogen (secondary N) is 1. The summed E-state index contributed by atoms with van der Waals surface area (Å²) in [6.45, 7) is 0. The lowest BCUT2D eigenvalue weighted by Crippen LogP contribution is -2.16. The van der Waals surface area contributed by atoms with E-state index in [0.29, 0.717) is 11.3 Å². The molecule has 0 bridgehead atoms. The molecule has 5 N–H and O–H groups in total. The summed E-state index contributed by atoms with van der Waals surface area (Å²) < 4.78 is 0. The van der Waals surface area contributed by atoms with Crippen LogP contribution in [0.4, 0.5) is 17.3 Å². The number of hydrogen-bond acceptors (Lipinski definition) is 5. The summed E-state index contributed by atoms with van der Waals surface area (Å²) in [7, 11) is 0. The van der Waals surface area contributed by atoms with Crippen molar-refractivity contribution in [2.75, 3.05) is 16.8 Å². The summed E-state index contributed by atoms with van der Waals surface area (Å²) in [4.78, 5) is 19.6. The number of aromatic nitrogens is 2. The van der Waals surface area contributed by atoms with E-state index in [0.717, 1.165) is 0 Å². The molecule has 1 aromatic heterocycles. The molecular weight excluding hydrogens is 254 g/mol. The lowest BCUT2D eigenvalue weighted by molar-refractivity contribution is 0.102. The molecule has 1 aromatic carbocycles. The van der Waals surface area contributed by atoms with E-state index in [1.54, 1.807) is 6.07 Å². The Kier molecular flexibility index (Phi) is 3.29. The van der Waals surface area contributed by atoms with Crippen LogP contribution in [0.1, 0.15) is 10.4 Å². The van der Waals surface area contributed by atoms with Gasteiger partial charge < -0.3 is 11.5 Å². The molecule has 0 aliphatic heterocycles. The van der Waals surface area contributed by atoms with Crippen LogP contribution in [-0.4, -0.2) is 15.9 Å². The fourth-order valence-electron chi connectivity index (χ4n) is 1.35. The molecule has 7 heteroatoms. The highest BCUT2D eigenvalue weighted by Gasteiger charge is 2.11. The molecule has 0 aliphatic carbocycles. The van der Waals surface area contributed by atoms with Crippen LogP contribution >= 0.6 is 11.6 Å². The van der Waals surface area contributed by atoms with Crippen molar-refractivity contribution in [3.63, 3.8) is 0 Å². The minimum absolute atomic E-state index is 0.115. The van der Waals surface area contributed by atoms with Gasteiger partial charge in [0.25, 0.3) is 5.91 Å². The van der Waals surface area contributed by atoms with Gasteiger partial charge in [-0.3, -0.25) is 10.1 Å². The highest BCUT2D eigenvalue weighted by Crippen LogP contribution is 2.17. The summed E-state index contributed by atoms with van der Waals surface area (Å²) in [5, 5.41) is 2.73. The second-order valence-electron chi connectivity index (χ2n) is 3.50. The van der Waals surface area contributed by atoms with Crippen molar-refractivity contribution in [2.24, 2.45) is 0 Å². The third kappa shape index (κ3) is 2.67. The lowest BCUT2D eigenvalue weighted by atomic mass is 10.1. The highest BCUT2D eigenvalue weighted by atomic mass is 35.5. The molecule has 18 heavy (non-hydrogen) atoms. The van der Waals surface area contributed by atoms with E-state index in [1.165, 1.54) is 24.4 Å². The number of carbonyl (C=O) groups excluding carboxylic acids is 1. The molecule has 2 rings (SSSR count). The van der Waals surface area contributed by atoms with Crippen LogP contribution in [0.25, 0.3) is 0 Å².